The summed E-state index contributed by atoms with van der Waals surface area (Å²) in [6, 6.07) is 5.10. The molecule has 0 radical (unpaired) electrons. The number of aliphatic hydroxyl groups is 1. The van der Waals surface area contributed by atoms with Gasteiger partial charge in [-0.2, -0.15) is 0 Å². The molecule has 0 spiro atoms. The van der Waals surface area contributed by atoms with Crippen LogP contribution in [-0.2, 0) is 11.3 Å². The van der Waals surface area contributed by atoms with E-state index < -0.39 is 5.97 Å². The average molecular weight is 249 g/mol. The van der Waals surface area contributed by atoms with Crippen LogP contribution in [0.3, 0.4) is 0 Å². The van der Waals surface area contributed by atoms with Crippen molar-refractivity contribution in [2.24, 2.45) is 0 Å². The number of nitrogens with zero attached hydrogens (tertiary/aromatic N) is 2. The number of hydrogen-bond donors (Lipinski definition) is 2. The molecule has 2 aromatic rings. The highest BCUT2D eigenvalue weighted by molar-refractivity contribution is 5.94. The van der Waals surface area contributed by atoms with E-state index in [0.29, 0.717) is 30.0 Å². The van der Waals surface area contributed by atoms with Crippen LogP contribution in [0.25, 0.3) is 11.0 Å². The fourth-order valence-electron chi connectivity index (χ4n) is 1.86. The smallest absolute Gasteiger partial charge is 0.337 e. The second-order valence-electron chi connectivity index (χ2n) is 3.89. The predicted molar refractivity (Wildman–Crippen MR) is 67.2 cm³/mol. The topological polar surface area (TPSA) is 90.4 Å². The number of methoxy groups -OCH3 is 1. The second kappa shape index (κ2) is 5.05. The molecule has 0 saturated heterocycles. The number of carbonyl (C=O) groups is 1. The van der Waals surface area contributed by atoms with E-state index >= 15 is 0 Å². The van der Waals surface area contributed by atoms with Crippen molar-refractivity contribution in [2.75, 3.05) is 19.5 Å². The highest BCUT2D eigenvalue weighted by atomic mass is 16.5. The lowest BCUT2D eigenvalue weighted by molar-refractivity contribution is 0.0601. The number of imidazole rings is 1. The van der Waals surface area contributed by atoms with Crippen LogP contribution in [0.1, 0.15) is 16.8 Å². The summed E-state index contributed by atoms with van der Waals surface area (Å²) in [6.07, 6.45) is 0.606. The fraction of sp³-hybridized carbons (Fsp3) is 0.333. The van der Waals surface area contributed by atoms with Crippen LogP contribution < -0.4 is 5.73 Å². The molecule has 0 unspecified atom stereocenters. The first-order valence-electron chi connectivity index (χ1n) is 5.62. The minimum Gasteiger partial charge on any atom is -0.465 e. The van der Waals surface area contributed by atoms with Gasteiger partial charge in [-0.05, 0) is 24.6 Å². The number of esters is 1. The minimum atomic E-state index is -0.402. The molecule has 1 aromatic carbocycles. The number of nitrogens with two attached hydrogens (primary N) is 1. The predicted octanol–water partition coefficient (Wildman–Crippen LogP) is 0.787. The van der Waals surface area contributed by atoms with Crippen molar-refractivity contribution >= 4 is 23.0 Å². The zero-order valence-electron chi connectivity index (χ0n) is 10.1. The quantitative estimate of drug-likeness (QED) is 0.782. The van der Waals surface area contributed by atoms with Crippen molar-refractivity contribution in [3.63, 3.8) is 0 Å². The Kier molecular flexibility index (Phi) is 3.47. The average Bonchev–Trinajstić information content (AvgIpc) is 2.70. The first-order valence-corrected chi connectivity index (χ1v) is 5.62. The van der Waals surface area contributed by atoms with Crippen LogP contribution in [0.2, 0.25) is 0 Å². The maximum absolute atomic E-state index is 11.4. The van der Waals surface area contributed by atoms with Crippen molar-refractivity contribution < 1.29 is 14.6 Å². The van der Waals surface area contributed by atoms with Gasteiger partial charge in [0.2, 0.25) is 5.95 Å². The second-order valence-corrected chi connectivity index (χ2v) is 3.89. The number of fused-ring (bicyclic) bond motifs is 1. The number of aliphatic hydroxyl groups excluding tert-OH is 1. The minimum absolute atomic E-state index is 0.0966. The summed E-state index contributed by atoms with van der Waals surface area (Å²) in [5, 5.41) is 8.84. The summed E-state index contributed by atoms with van der Waals surface area (Å²) in [6.45, 7) is 0.690. The van der Waals surface area contributed by atoms with Crippen LogP contribution in [0, 0.1) is 0 Å². The van der Waals surface area contributed by atoms with Crippen molar-refractivity contribution in [2.45, 2.75) is 13.0 Å². The molecule has 0 aliphatic rings. The molecule has 0 saturated carbocycles. The third-order valence-corrected chi connectivity index (χ3v) is 2.74. The first-order chi connectivity index (χ1) is 8.67. The van der Waals surface area contributed by atoms with Crippen LogP contribution in [0.5, 0.6) is 0 Å². The molecule has 0 aliphatic carbocycles. The van der Waals surface area contributed by atoms with Gasteiger partial charge >= 0.3 is 5.97 Å². The van der Waals surface area contributed by atoms with Gasteiger partial charge in [-0.15, -0.1) is 0 Å². The van der Waals surface area contributed by atoms with E-state index in [4.69, 9.17) is 10.8 Å². The van der Waals surface area contributed by atoms with Gasteiger partial charge in [0, 0.05) is 13.2 Å². The summed E-state index contributed by atoms with van der Waals surface area (Å²) in [7, 11) is 1.33. The van der Waals surface area contributed by atoms with E-state index in [9.17, 15) is 4.79 Å². The lowest BCUT2D eigenvalue weighted by Crippen LogP contribution is -2.05. The molecule has 1 heterocycles. The van der Waals surface area contributed by atoms with E-state index in [2.05, 4.69) is 9.72 Å². The van der Waals surface area contributed by atoms with Gasteiger partial charge < -0.3 is 20.1 Å². The van der Waals surface area contributed by atoms with Crippen molar-refractivity contribution in [3.8, 4) is 0 Å². The van der Waals surface area contributed by atoms with Gasteiger partial charge in [0.25, 0.3) is 0 Å². The third-order valence-electron chi connectivity index (χ3n) is 2.74. The molecular weight excluding hydrogens is 234 g/mol. The Balaban J connectivity index is 2.44. The Labute approximate surface area is 104 Å². The molecule has 0 atom stereocenters. The Hall–Kier alpha value is -2.08. The standard InChI is InChI=1S/C12H15N3O3/c1-18-11(17)8-3-4-10-9(7-8)14-12(13)15(10)5-2-6-16/h3-4,7,16H,2,5-6H2,1H3,(H2,13,14). The van der Waals surface area contributed by atoms with E-state index in [-0.39, 0.29) is 6.61 Å². The number of rotatable bonds is 4. The monoisotopic (exact) mass is 249 g/mol. The largest absolute Gasteiger partial charge is 0.465 e. The molecule has 96 valence electrons. The Morgan fingerprint density at radius 1 is 1.56 bits per heavy atom. The Morgan fingerprint density at radius 2 is 2.33 bits per heavy atom. The van der Waals surface area contributed by atoms with Crippen molar-refractivity contribution in [1.29, 1.82) is 0 Å². The molecule has 18 heavy (non-hydrogen) atoms. The van der Waals surface area contributed by atoms with Crippen LogP contribution in [0.15, 0.2) is 18.2 Å². The Bertz CT molecular complexity index is 577. The summed E-state index contributed by atoms with van der Waals surface area (Å²) >= 11 is 0. The van der Waals surface area contributed by atoms with Gasteiger partial charge in [-0.1, -0.05) is 0 Å². The summed E-state index contributed by atoms with van der Waals surface area (Å²) < 4.78 is 6.46. The first kappa shape index (κ1) is 12.4. The van der Waals surface area contributed by atoms with Gasteiger partial charge in [-0.25, -0.2) is 9.78 Å². The molecule has 0 amide bonds. The van der Waals surface area contributed by atoms with Crippen LogP contribution in [0.4, 0.5) is 5.95 Å². The normalized spacial score (nSPS) is 10.8. The zero-order chi connectivity index (χ0) is 13.1. The number of benzene rings is 1. The molecule has 1 aromatic heterocycles. The van der Waals surface area contributed by atoms with Crippen molar-refractivity contribution in [1.82, 2.24) is 9.55 Å². The SMILES string of the molecule is COC(=O)c1ccc2c(c1)nc(N)n2CCCO. The van der Waals surface area contributed by atoms with Crippen molar-refractivity contribution in [3.05, 3.63) is 23.8 Å². The summed E-state index contributed by atoms with van der Waals surface area (Å²) in [4.78, 5) is 15.6. The van der Waals surface area contributed by atoms with Gasteiger partial charge in [0.15, 0.2) is 0 Å². The Morgan fingerprint density at radius 3 is 3.00 bits per heavy atom. The molecular formula is C12H15N3O3. The number of anilines is 1. The molecule has 6 heteroatoms. The van der Waals surface area contributed by atoms with Crippen LogP contribution >= 0.6 is 0 Å². The molecule has 2 rings (SSSR count). The highest BCUT2D eigenvalue weighted by Crippen LogP contribution is 2.20. The number of ether oxygens (including phenoxy) is 1. The van der Waals surface area contributed by atoms with Gasteiger partial charge in [0.1, 0.15) is 0 Å². The molecule has 0 fully saturated rings. The number of hydrogen-bond acceptors (Lipinski definition) is 5. The van der Waals surface area contributed by atoms with E-state index in [0.717, 1.165) is 5.52 Å². The molecule has 3 N–H and O–H groups in total. The summed E-state index contributed by atoms with van der Waals surface area (Å²) in [5.41, 5.74) is 7.74. The lowest BCUT2D eigenvalue weighted by atomic mass is 10.2. The fourth-order valence-corrected chi connectivity index (χ4v) is 1.86. The molecule has 0 bridgehead atoms. The maximum Gasteiger partial charge on any atom is 0.337 e. The summed E-state index contributed by atoms with van der Waals surface area (Å²) in [5.74, 6) is -0.0270. The zero-order valence-corrected chi connectivity index (χ0v) is 10.1. The van der Waals surface area contributed by atoms with E-state index in [1.807, 2.05) is 4.57 Å². The number of carbonyl (C=O) groups excluding carboxylic acids is 1. The van der Waals surface area contributed by atoms with Gasteiger partial charge in [0.05, 0.1) is 23.7 Å². The lowest BCUT2D eigenvalue weighted by Gasteiger charge is -2.04. The van der Waals surface area contributed by atoms with Gasteiger partial charge in [-0.3, -0.25) is 0 Å². The van der Waals surface area contributed by atoms with E-state index in [1.165, 1.54) is 7.11 Å². The number of aryl methyl sites for hydroxylation is 1. The third kappa shape index (κ3) is 2.14. The number of aromatic nitrogens is 2. The maximum atomic E-state index is 11.4. The van der Waals surface area contributed by atoms with Crippen LogP contribution in [-0.4, -0.2) is 34.3 Å². The number of nitrogen functional groups attached to an aromatic ring is 1. The highest BCUT2D eigenvalue weighted by Gasteiger charge is 2.11. The van der Waals surface area contributed by atoms with E-state index in [1.54, 1.807) is 18.2 Å². The molecule has 6 nitrogen and oxygen atoms in total. The molecule has 0 aliphatic heterocycles.